The van der Waals surface area contributed by atoms with Crippen LogP contribution in [0.15, 0.2) is 49.9 Å². The summed E-state index contributed by atoms with van der Waals surface area (Å²) in [5.74, 6) is -0.0323. The molecule has 0 bridgehead atoms. The van der Waals surface area contributed by atoms with E-state index in [1.165, 1.54) is 28.4 Å². The number of rotatable bonds is 2. The van der Waals surface area contributed by atoms with E-state index < -0.39 is 0 Å². The number of fused-ring (bicyclic) bond motifs is 1. The lowest BCUT2D eigenvalue weighted by molar-refractivity contribution is -0.120. The SMILES string of the molecule is Cl.O=C1CN(C(=O)CNC2=NCCS2)c2ccccc2C(=O)C1=C1SC=CS1. The summed E-state index contributed by atoms with van der Waals surface area (Å²) < 4.78 is 0.670. The molecule has 0 radical (unpaired) electrons. The van der Waals surface area contributed by atoms with E-state index in [4.69, 9.17) is 0 Å². The molecule has 0 saturated heterocycles. The quantitative estimate of drug-likeness (QED) is 0.544. The predicted octanol–water partition coefficient (Wildman–Crippen LogP) is 3.06. The molecule has 0 fully saturated rings. The van der Waals surface area contributed by atoms with Crippen LogP contribution in [0.5, 0.6) is 0 Å². The van der Waals surface area contributed by atoms with E-state index >= 15 is 0 Å². The Bertz CT molecular complexity index is 920. The topological polar surface area (TPSA) is 78.8 Å². The first kappa shape index (κ1) is 21.0. The zero-order chi connectivity index (χ0) is 18.8. The molecular weight excluding hydrogens is 438 g/mol. The second-order valence-corrected chi connectivity index (χ2v) is 8.98. The molecule has 1 aromatic rings. The standard InChI is InChI=1S/C18H15N3O3S3.ClH/c22-13-10-21(14(23)9-20-18-19-5-6-27-18)12-4-2-1-3-11(12)16(24)15(13)17-25-7-8-26-17;/h1-4,7-8H,5-6,9-10H2,(H,19,20);1H. The van der Waals surface area contributed by atoms with Gasteiger partial charge in [0, 0.05) is 11.3 Å². The van der Waals surface area contributed by atoms with Gasteiger partial charge >= 0.3 is 0 Å². The van der Waals surface area contributed by atoms with Gasteiger partial charge in [-0.1, -0.05) is 47.4 Å². The molecule has 0 spiro atoms. The van der Waals surface area contributed by atoms with E-state index in [0.29, 0.717) is 15.5 Å². The molecule has 0 unspecified atom stereocenters. The largest absolute Gasteiger partial charge is 0.356 e. The molecule has 28 heavy (non-hydrogen) atoms. The molecule has 10 heteroatoms. The number of hydrogen-bond donors (Lipinski definition) is 1. The number of nitrogens with zero attached hydrogens (tertiary/aromatic N) is 2. The fourth-order valence-electron chi connectivity index (χ4n) is 2.91. The Kier molecular flexibility index (Phi) is 6.92. The minimum Gasteiger partial charge on any atom is -0.356 e. The molecule has 3 heterocycles. The van der Waals surface area contributed by atoms with Crippen LogP contribution < -0.4 is 10.2 Å². The lowest BCUT2D eigenvalue weighted by Crippen LogP contribution is -2.42. The van der Waals surface area contributed by atoms with E-state index in [2.05, 4.69) is 10.3 Å². The number of carbonyl (C=O) groups is 3. The molecule has 1 aromatic carbocycles. The van der Waals surface area contributed by atoms with Gasteiger partial charge in [-0.3, -0.25) is 19.4 Å². The summed E-state index contributed by atoms with van der Waals surface area (Å²) >= 11 is 4.29. The highest BCUT2D eigenvalue weighted by molar-refractivity contribution is 8.27. The number of hydrogen-bond acceptors (Lipinski definition) is 8. The zero-order valence-corrected chi connectivity index (χ0v) is 17.8. The number of carbonyl (C=O) groups excluding carboxylic acids is 3. The van der Waals surface area contributed by atoms with E-state index in [1.54, 1.807) is 36.0 Å². The van der Waals surface area contributed by atoms with Crippen molar-refractivity contribution in [3.8, 4) is 0 Å². The van der Waals surface area contributed by atoms with Crippen molar-refractivity contribution in [3.05, 3.63) is 50.5 Å². The number of Topliss-reactive ketones (excluding diaryl/α,β-unsaturated/α-hetero) is 2. The van der Waals surface area contributed by atoms with Gasteiger partial charge < -0.3 is 10.2 Å². The van der Waals surface area contributed by atoms with E-state index in [9.17, 15) is 14.4 Å². The molecule has 1 amide bonds. The molecule has 3 aliphatic rings. The highest BCUT2D eigenvalue weighted by atomic mass is 35.5. The van der Waals surface area contributed by atoms with Gasteiger partial charge in [0.05, 0.1) is 35.1 Å². The van der Waals surface area contributed by atoms with E-state index in [0.717, 1.165) is 17.5 Å². The van der Waals surface area contributed by atoms with Crippen LogP contribution >= 0.6 is 47.7 Å². The monoisotopic (exact) mass is 453 g/mol. The fraction of sp³-hybridized carbons (Fsp3) is 0.222. The van der Waals surface area contributed by atoms with Crippen molar-refractivity contribution < 1.29 is 14.4 Å². The van der Waals surface area contributed by atoms with Crippen molar-refractivity contribution in [2.24, 2.45) is 4.99 Å². The Labute approximate surface area is 181 Å². The Morgan fingerprint density at radius 3 is 2.64 bits per heavy atom. The average molecular weight is 454 g/mol. The summed E-state index contributed by atoms with van der Waals surface area (Å²) in [6.45, 7) is 0.614. The summed E-state index contributed by atoms with van der Waals surface area (Å²) in [6.07, 6.45) is 0. The third-order valence-corrected chi connectivity index (χ3v) is 7.20. The highest BCUT2D eigenvalue weighted by Crippen LogP contribution is 2.42. The zero-order valence-electron chi connectivity index (χ0n) is 14.5. The van der Waals surface area contributed by atoms with Crippen molar-refractivity contribution in [2.75, 3.05) is 30.3 Å². The van der Waals surface area contributed by atoms with Gasteiger partial charge in [0.2, 0.25) is 5.91 Å². The first-order valence-corrected chi connectivity index (χ1v) is 11.0. The maximum absolute atomic E-state index is 13.1. The number of para-hydroxylation sites is 1. The van der Waals surface area contributed by atoms with Crippen LogP contribution in [0.3, 0.4) is 0 Å². The number of ketones is 2. The van der Waals surface area contributed by atoms with E-state index in [1.807, 2.05) is 10.8 Å². The minimum atomic E-state index is -0.337. The van der Waals surface area contributed by atoms with Crippen molar-refractivity contribution in [1.29, 1.82) is 0 Å². The van der Waals surface area contributed by atoms with Gasteiger partial charge in [-0.05, 0) is 22.9 Å². The molecule has 4 rings (SSSR count). The summed E-state index contributed by atoms with van der Waals surface area (Å²) in [5.41, 5.74) is 1.02. The summed E-state index contributed by atoms with van der Waals surface area (Å²) in [5, 5.41) is 7.44. The number of aliphatic imine (C=N–C) groups is 1. The highest BCUT2D eigenvalue weighted by Gasteiger charge is 2.35. The second-order valence-electron chi connectivity index (χ2n) is 5.81. The Morgan fingerprint density at radius 2 is 1.93 bits per heavy atom. The molecule has 1 N–H and O–H groups in total. The van der Waals surface area contributed by atoms with Gasteiger partial charge in [0.1, 0.15) is 0 Å². The van der Waals surface area contributed by atoms with Gasteiger partial charge in [0.15, 0.2) is 16.7 Å². The van der Waals surface area contributed by atoms with Crippen LogP contribution in [0.1, 0.15) is 10.4 Å². The Balaban J connectivity index is 0.00000225. The van der Waals surface area contributed by atoms with Gasteiger partial charge in [-0.2, -0.15) is 0 Å². The van der Waals surface area contributed by atoms with Crippen molar-refractivity contribution >= 4 is 76.0 Å². The van der Waals surface area contributed by atoms with Gasteiger partial charge in [0.25, 0.3) is 0 Å². The molecule has 0 aliphatic carbocycles. The van der Waals surface area contributed by atoms with Gasteiger partial charge in [-0.25, -0.2) is 0 Å². The van der Waals surface area contributed by atoms with Gasteiger partial charge in [-0.15, -0.1) is 12.4 Å². The fourth-order valence-corrected chi connectivity index (χ4v) is 5.54. The maximum Gasteiger partial charge on any atom is 0.246 e. The van der Waals surface area contributed by atoms with E-state index in [-0.39, 0.29) is 48.5 Å². The Hall–Kier alpha value is -1.68. The number of amidine groups is 1. The molecular formula is C18H16ClN3O3S3. The average Bonchev–Trinajstić information content (AvgIpc) is 3.37. The third-order valence-electron chi connectivity index (χ3n) is 4.13. The number of nitrogens with one attached hydrogen (secondary N) is 1. The van der Waals surface area contributed by atoms with Crippen LogP contribution in [0.2, 0.25) is 0 Å². The number of benzene rings is 1. The molecule has 3 aliphatic heterocycles. The number of thioether (sulfide) groups is 3. The smallest absolute Gasteiger partial charge is 0.246 e. The van der Waals surface area contributed by atoms with Crippen LogP contribution in [-0.4, -0.2) is 48.0 Å². The molecule has 0 saturated carbocycles. The van der Waals surface area contributed by atoms with Crippen LogP contribution in [-0.2, 0) is 9.59 Å². The summed E-state index contributed by atoms with van der Waals surface area (Å²) in [6, 6.07) is 6.88. The predicted molar refractivity (Wildman–Crippen MR) is 119 cm³/mol. The summed E-state index contributed by atoms with van der Waals surface area (Å²) in [7, 11) is 0. The molecule has 0 aromatic heterocycles. The van der Waals surface area contributed by atoms with Crippen molar-refractivity contribution in [3.63, 3.8) is 0 Å². The Morgan fingerprint density at radius 1 is 1.18 bits per heavy atom. The third kappa shape index (κ3) is 4.17. The normalized spacial score (nSPS) is 18.6. The second kappa shape index (κ2) is 9.21. The lowest BCUT2D eigenvalue weighted by atomic mass is 10.0. The van der Waals surface area contributed by atoms with Crippen LogP contribution in [0.4, 0.5) is 5.69 Å². The van der Waals surface area contributed by atoms with Crippen molar-refractivity contribution in [2.45, 2.75) is 0 Å². The first-order valence-electron chi connectivity index (χ1n) is 8.26. The minimum absolute atomic E-state index is 0. The maximum atomic E-state index is 13.1. The van der Waals surface area contributed by atoms with Crippen LogP contribution in [0, 0.1) is 0 Å². The van der Waals surface area contributed by atoms with Crippen molar-refractivity contribution in [1.82, 2.24) is 5.32 Å². The summed E-state index contributed by atoms with van der Waals surface area (Å²) in [4.78, 5) is 44.4. The molecule has 146 valence electrons. The number of anilines is 1. The number of halogens is 1. The van der Waals surface area contributed by atoms with Crippen LogP contribution in [0.25, 0.3) is 0 Å². The molecule has 0 atom stereocenters. The lowest BCUT2D eigenvalue weighted by Gasteiger charge is -2.22. The number of amides is 1. The first-order chi connectivity index (χ1) is 13.1. The molecule has 6 nitrogen and oxygen atoms in total.